The first kappa shape index (κ1) is 20.1. The molecule has 2 rings (SSSR count). The molecule has 26 heavy (non-hydrogen) atoms. The first-order valence-electron chi connectivity index (χ1n) is 8.69. The van der Waals surface area contributed by atoms with E-state index in [4.69, 9.17) is 4.74 Å². The Morgan fingerprint density at radius 1 is 1.19 bits per heavy atom. The molecule has 0 spiro atoms. The molecule has 0 fully saturated rings. The number of aromatic nitrogens is 2. The van der Waals surface area contributed by atoms with Crippen LogP contribution in [-0.4, -0.2) is 38.6 Å². The van der Waals surface area contributed by atoms with Gasteiger partial charge in [-0.2, -0.15) is 0 Å². The van der Waals surface area contributed by atoms with Gasteiger partial charge in [0, 0.05) is 31.3 Å². The molecule has 3 N–H and O–H groups in total. The molecule has 1 aromatic heterocycles. The van der Waals surface area contributed by atoms with E-state index in [0.29, 0.717) is 44.6 Å². The molecule has 1 atom stereocenters. The van der Waals surface area contributed by atoms with Gasteiger partial charge in [0.1, 0.15) is 0 Å². The lowest BCUT2D eigenvalue weighted by molar-refractivity contribution is -0.0499. The summed E-state index contributed by atoms with van der Waals surface area (Å²) in [6.07, 6.45) is 2.61. The number of ether oxygens (including phenoxy) is 1. The highest BCUT2D eigenvalue weighted by atomic mass is 16.5. The molecular formula is C19H26N2O5. The van der Waals surface area contributed by atoms with E-state index >= 15 is 0 Å². The van der Waals surface area contributed by atoms with Crippen LogP contribution in [-0.2, 0) is 17.9 Å². The fraction of sp³-hybridized carbons (Fsp3) is 0.474. The van der Waals surface area contributed by atoms with Crippen LogP contribution in [0.4, 0.5) is 0 Å². The summed E-state index contributed by atoms with van der Waals surface area (Å²) in [4.78, 5) is 25.3. The van der Waals surface area contributed by atoms with Gasteiger partial charge in [0.05, 0.1) is 18.8 Å². The Kier molecular flexibility index (Phi) is 7.32. The Morgan fingerprint density at radius 3 is 2.62 bits per heavy atom. The second-order valence-electron chi connectivity index (χ2n) is 6.54. The molecule has 0 bridgehead atoms. The number of nitrogens with zero attached hydrogens (tertiary/aromatic N) is 1. The van der Waals surface area contributed by atoms with Crippen molar-refractivity contribution in [3.63, 3.8) is 0 Å². The summed E-state index contributed by atoms with van der Waals surface area (Å²) in [6.45, 7) is 2.38. The van der Waals surface area contributed by atoms with Gasteiger partial charge in [-0.1, -0.05) is 30.3 Å². The fourth-order valence-electron chi connectivity index (χ4n) is 2.67. The van der Waals surface area contributed by atoms with Crippen LogP contribution in [0.15, 0.2) is 46.1 Å². The molecule has 0 amide bonds. The molecule has 1 heterocycles. The average Bonchev–Trinajstić information content (AvgIpc) is 2.64. The van der Waals surface area contributed by atoms with E-state index in [-0.39, 0.29) is 6.61 Å². The number of hydrogen-bond acceptors (Lipinski definition) is 5. The van der Waals surface area contributed by atoms with Crippen molar-refractivity contribution in [2.45, 2.75) is 44.9 Å². The minimum absolute atomic E-state index is 0.301. The van der Waals surface area contributed by atoms with E-state index < -0.39 is 16.9 Å². The van der Waals surface area contributed by atoms with Crippen LogP contribution >= 0.6 is 0 Å². The SMILES string of the molecule is Cc1cn(CCC[C@](O)(CO)CCOCc2ccccc2)c(=O)[nH]c1=O. The molecule has 7 heteroatoms. The lowest BCUT2D eigenvalue weighted by Crippen LogP contribution is -2.36. The van der Waals surface area contributed by atoms with Gasteiger partial charge in [-0.15, -0.1) is 0 Å². The van der Waals surface area contributed by atoms with Crippen LogP contribution in [0.25, 0.3) is 0 Å². The van der Waals surface area contributed by atoms with Gasteiger partial charge in [-0.3, -0.25) is 9.78 Å². The molecule has 0 unspecified atom stereocenters. The maximum atomic E-state index is 11.7. The highest BCUT2D eigenvalue weighted by Gasteiger charge is 2.25. The van der Waals surface area contributed by atoms with Crippen molar-refractivity contribution in [2.24, 2.45) is 0 Å². The monoisotopic (exact) mass is 362 g/mol. The van der Waals surface area contributed by atoms with Crippen molar-refractivity contribution >= 4 is 0 Å². The van der Waals surface area contributed by atoms with Gasteiger partial charge >= 0.3 is 5.69 Å². The zero-order valence-electron chi connectivity index (χ0n) is 15.0. The quantitative estimate of drug-likeness (QED) is 0.546. The van der Waals surface area contributed by atoms with Crippen molar-refractivity contribution in [3.05, 3.63) is 68.5 Å². The summed E-state index contributed by atoms with van der Waals surface area (Å²) in [5, 5.41) is 20.0. The molecule has 7 nitrogen and oxygen atoms in total. The molecule has 1 aromatic carbocycles. The molecule has 0 aliphatic heterocycles. The molecule has 142 valence electrons. The third kappa shape index (κ3) is 5.94. The number of hydrogen-bond donors (Lipinski definition) is 3. The largest absolute Gasteiger partial charge is 0.393 e. The lowest BCUT2D eigenvalue weighted by atomic mass is 9.95. The maximum Gasteiger partial charge on any atom is 0.328 e. The molecule has 0 radical (unpaired) electrons. The Labute approximate surface area is 151 Å². The molecular weight excluding hydrogens is 336 g/mol. The van der Waals surface area contributed by atoms with Crippen LogP contribution in [0.3, 0.4) is 0 Å². The zero-order valence-corrected chi connectivity index (χ0v) is 15.0. The fourth-order valence-corrected chi connectivity index (χ4v) is 2.67. The summed E-state index contributed by atoms with van der Waals surface area (Å²) in [5.74, 6) is 0. The second-order valence-corrected chi connectivity index (χ2v) is 6.54. The number of rotatable bonds is 10. The van der Waals surface area contributed by atoms with Gasteiger partial charge in [0.2, 0.25) is 0 Å². The van der Waals surface area contributed by atoms with Gasteiger partial charge in [0.15, 0.2) is 0 Å². The predicted molar refractivity (Wildman–Crippen MR) is 98.0 cm³/mol. The number of aromatic amines is 1. The number of aryl methyl sites for hydroxylation is 2. The van der Waals surface area contributed by atoms with E-state index in [1.807, 2.05) is 30.3 Å². The van der Waals surface area contributed by atoms with Gasteiger partial charge in [-0.05, 0) is 25.3 Å². The van der Waals surface area contributed by atoms with Crippen LogP contribution in [0.2, 0.25) is 0 Å². The first-order chi connectivity index (χ1) is 12.4. The van der Waals surface area contributed by atoms with Gasteiger partial charge in [-0.25, -0.2) is 4.79 Å². The van der Waals surface area contributed by atoms with Crippen molar-refractivity contribution < 1.29 is 14.9 Å². The predicted octanol–water partition coefficient (Wildman–Crippen LogP) is 0.956. The zero-order chi connectivity index (χ0) is 19.0. The van der Waals surface area contributed by atoms with Gasteiger partial charge < -0.3 is 19.5 Å². The number of H-pyrrole nitrogens is 1. The molecule has 0 saturated carbocycles. The smallest absolute Gasteiger partial charge is 0.328 e. The van der Waals surface area contributed by atoms with Crippen molar-refractivity contribution in [1.29, 1.82) is 0 Å². The van der Waals surface area contributed by atoms with Crippen molar-refractivity contribution in [1.82, 2.24) is 9.55 Å². The Morgan fingerprint density at radius 2 is 1.92 bits per heavy atom. The van der Waals surface area contributed by atoms with E-state index in [2.05, 4.69) is 4.98 Å². The maximum absolute atomic E-state index is 11.7. The van der Waals surface area contributed by atoms with E-state index in [9.17, 15) is 19.8 Å². The molecule has 0 saturated heterocycles. The van der Waals surface area contributed by atoms with Crippen LogP contribution in [0.1, 0.15) is 30.4 Å². The average molecular weight is 362 g/mol. The summed E-state index contributed by atoms with van der Waals surface area (Å²) < 4.78 is 6.97. The topological polar surface area (TPSA) is 105 Å². The van der Waals surface area contributed by atoms with Crippen LogP contribution in [0, 0.1) is 6.92 Å². The highest BCUT2D eigenvalue weighted by molar-refractivity contribution is 5.13. The Balaban J connectivity index is 1.79. The normalized spacial score (nSPS) is 13.5. The number of benzene rings is 1. The van der Waals surface area contributed by atoms with Crippen molar-refractivity contribution in [2.75, 3.05) is 13.2 Å². The minimum Gasteiger partial charge on any atom is -0.393 e. The third-order valence-corrected chi connectivity index (χ3v) is 4.35. The molecule has 2 aromatic rings. The minimum atomic E-state index is -1.25. The Hall–Kier alpha value is -2.22. The summed E-state index contributed by atoms with van der Waals surface area (Å²) in [7, 11) is 0. The van der Waals surface area contributed by atoms with E-state index in [0.717, 1.165) is 5.56 Å². The summed E-state index contributed by atoms with van der Waals surface area (Å²) in [6, 6.07) is 9.72. The molecule has 0 aliphatic rings. The van der Waals surface area contributed by atoms with Crippen molar-refractivity contribution in [3.8, 4) is 0 Å². The summed E-state index contributed by atoms with van der Waals surface area (Å²) >= 11 is 0. The number of aliphatic hydroxyl groups is 2. The number of nitrogens with one attached hydrogen (secondary N) is 1. The second kappa shape index (κ2) is 9.47. The Bertz CT molecular complexity index is 800. The molecule has 0 aliphatic carbocycles. The van der Waals surface area contributed by atoms with Gasteiger partial charge in [0.25, 0.3) is 5.56 Å². The number of aliphatic hydroxyl groups excluding tert-OH is 1. The van der Waals surface area contributed by atoms with E-state index in [1.165, 1.54) is 10.8 Å². The van der Waals surface area contributed by atoms with E-state index in [1.54, 1.807) is 6.92 Å². The highest BCUT2D eigenvalue weighted by Crippen LogP contribution is 2.18. The first-order valence-corrected chi connectivity index (χ1v) is 8.69. The van der Waals surface area contributed by atoms with Crippen LogP contribution in [0.5, 0.6) is 0 Å². The lowest BCUT2D eigenvalue weighted by Gasteiger charge is -2.26. The third-order valence-electron chi connectivity index (χ3n) is 4.35. The standard InChI is InChI=1S/C19H26N2O5/c1-15-12-21(18(24)20-17(15)23)10-5-8-19(25,14-22)9-11-26-13-16-6-3-2-4-7-16/h2-4,6-7,12,22,25H,5,8-11,13-14H2,1H3,(H,20,23,24)/t19-/m1/s1. The summed E-state index contributed by atoms with van der Waals surface area (Å²) in [5.41, 5.74) is -0.616. The van der Waals surface area contributed by atoms with Crippen LogP contribution < -0.4 is 11.2 Å².